The number of amides is 1. The van der Waals surface area contributed by atoms with Crippen LogP contribution >= 0.6 is 15.9 Å². The van der Waals surface area contributed by atoms with Gasteiger partial charge in [-0.2, -0.15) is 0 Å². The molecule has 0 spiro atoms. The third-order valence-corrected chi connectivity index (χ3v) is 3.66. The molecule has 6 heteroatoms. The number of carbonyl (C=O) groups excluding carboxylic acids is 3. The number of hydrogen-bond acceptors (Lipinski definition) is 4. The van der Waals surface area contributed by atoms with E-state index in [0.717, 1.165) is 17.7 Å². The monoisotopic (exact) mass is 339 g/mol. The van der Waals surface area contributed by atoms with Crippen molar-refractivity contribution >= 4 is 39.3 Å². The second kappa shape index (κ2) is 6.17. The molecule has 20 heavy (non-hydrogen) atoms. The van der Waals surface area contributed by atoms with Crippen LogP contribution in [0, 0.1) is 0 Å². The van der Waals surface area contributed by atoms with Crippen LogP contribution in [0.2, 0.25) is 0 Å². The zero-order valence-electron chi connectivity index (χ0n) is 11.0. The lowest BCUT2D eigenvalue weighted by Crippen LogP contribution is -2.35. The summed E-state index contributed by atoms with van der Waals surface area (Å²) in [6, 6.07) is 5.04. The first kappa shape index (κ1) is 14.7. The minimum absolute atomic E-state index is 0.238. The first-order valence-electron chi connectivity index (χ1n) is 6.36. The fourth-order valence-electron chi connectivity index (χ4n) is 1.96. The fourth-order valence-corrected chi connectivity index (χ4v) is 2.50. The quantitative estimate of drug-likeness (QED) is 0.469. The number of benzene rings is 1. The fraction of sp³-hybridized carbons (Fsp3) is 0.357. The third kappa shape index (κ3) is 2.75. The summed E-state index contributed by atoms with van der Waals surface area (Å²) in [4.78, 5) is 36.7. The Kier molecular flexibility index (Phi) is 4.54. The van der Waals surface area contributed by atoms with Gasteiger partial charge in [0.15, 0.2) is 0 Å². The van der Waals surface area contributed by atoms with Gasteiger partial charge in [-0.25, -0.2) is 0 Å². The molecular formula is C14H14BrNO4. The molecule has 1 aromatic carbocycles. The van der Waals surface area contributed by atoms with Crippen molar-refractivity contribution in [2.75, 3.05) is 18.1 Å². The first-order chi connectivity index (χ1) is 9.56. The zero-order valence-corrected chi connectivity index (χ0v) is 12.6. The summed E-state index contributed by atoms with van der Waals surface area (Å²) in [5, 5.41) is 0. The number of esters is 1. The predicted octanol–water partition coefficient (Wildman–Crippen LogP) is 2.32. The van der Waals surface area contributed by atoms with Crippen LogP contribution in [0.5, 0.6) is 0 Å². The summed E-state index contributed by atoms with van der Waals surface area (Å²) >= 11 is 3.24. The number of fused-ring (bicyclic) bond motifs is 1. The van der Waals surface area contributed by atoms with Crippen molar-refractivity contribution in [2.24, 2.45) is 0 Å². The molecule has 0 atom stereocenters. The average Bonchev–Trinajstić information content (AvgIpc) is 2.65. The molecule has 1 aliphatic rings. The average molecular weight is 340 g/mol. The van der Waals surface area contributed by atoms with Gasteiger partial charge in [-0.15, -0.1) is 0 Å². The van der Waals surface area contributed by atoms with E-state index in [2.05, 4.69) is 15.9 Å². The molecule has 0 aromatic heterocycles. The molecule has 1 aliphatic heterocycles. The molecule has 0 bridgehead atoms. The summed E-state index contributed by atoms with van der Waals surface area (Å²) < 4.78 is 5.57. The predicted molar refractivity (Wildman–Crippen MR) is 76.7 cm³/mol. The maximum Gasteiger partial charge on any atom is 0.326 e. The first-order valence-corrected chi connectivity index (χ1v) is 7.16. The maximum atomic E-state index is 11.9. The molecule has 1 amide bonds. The Bertz CT molecular complexity index is 570. The van der Waals surface area contributed by atoms with E-state index in [1.54, 1.807) is 18.2 Å². The molecule has 2 rings (SSSR count). The summed E-state index contributed by atoms with van der Waals surface area (Å²) in [7, 11) is 0. The Morgan fingerprint density at radius 1 is 1.35 bits per heavy atom. The Morgan fingerprint density at radius 2 is 2.10 bits per heavy atom. The van der Waals surface area contributed by atoms with Crippen molar-refractivity contribution in [2.45, 2.75) is 19.8 Å². The summed E-state index contributed by atoms with van der Waals surface area (Å²) in [5.41, 5.74) is 0.751. The van der Waals surface area contributed by atoms with E-state index in [1.807, 2.05) is 6.92 Å². The van der Waals surface area contributed by atoms with E-state index in [4.69, 9.17) is 4.74 Å². The second-order valence-corrected chi connectivity index (χ2v) is 5.28. The zero-order chi connectivity index (χ0) is 14.7. The smallest absolute Gasteiger partial charge is 0.326 e. The van der Waals surface area contributed by atoms with Crippen molar-refractivity contribution in [3.8, 4) is 0 Å². The third-order valence-electron chi connectivity index (χ3n) is 3.00. The van der Waals surface area contributed by atoms with Gasteiger partial charge >= 0.3 is 5.97 Å². The topological polar surface area (TPSA) is 63.7 Å². The normalized spacial score (nSPS) is 13.6. The van der Waals surface area contributed by atoms with Gasteiger partial charge in [0, 0.05) is 4.47 Å². The van der Waals surface area contributed by atoms with Crippen LogP contribution in [0.3, 0.4) is 0 Å². The van der Waals surface area contributed by atoms with E-state index < -0.39 is 17.7 Å². The minimum atomic E-state index is -0.695. The minimum Gasteiger partial charge on any atom is -0.464 e. The Labute approximate surface area is 125 Å². The highest BCUT2D eigenvalue weighted by Gasteiger charge is 2.38. The summed E-state index contributed by atoms with van der Waals surface area (Å²) in [6.07, 6.45) is 1.70. The Hall–Kier alpha value is -1.69. The number of nitrogens with zero attached hydrogens (tertiary/aromatic N) is 1. The molecule has 0 saturated carbocycles. The van der Waals surface area contributed by atoms with E-state index in [1.165, 1.54) is 0 Å². The van der Waals surface area contributed by atoms with Gasteiger partial charge in [0.2, 0.25) is 0 Å². The standard InChI is InChI=1S/C14H14BrNO4/c1-2-3-7-20-11(17)8-16-10-6-4-5-9(15)12(10)13(18)14(16)19/h4-6H,2-3,7-8H2,1H3. The van der Waals surface area contributed by atoms with Crippen molar-refractivity contribution in [3.63, 3.8) is 0 Å². The number of unbranched alkanes of at least 4 members (excludes halogenated alkanes) is 1. The van der Waals surface area contributed by atoms with Crippen molar-refractivity contribution < 1.29 is 19.1 Å². The molecule has 1 aromatic rings. The van der Waals surface area contributed by atoms with Gasteiger partial charge in [0.25, 0.3) is 11.7 Å². The Balaban J connectivity index is 2.14. The lowest BCUT2D eigenvalue weighted by atomic mass is 10.1. The Morgan fingerprint density at radius 3 is 2.80 bits per heavy atom. The second-order valence-electron chi connectivity index (χ2n) is 4.43. The maximum absolute atomic E-state index is 11.9. The molecule has 0 saturated heterocycles. The molecule has 0 fully saturated rings. The van der Waals surface area contributed by atoms with Crippen LogP contribution in [0.25, 0.3) is 0 Å². The molecule has 1 heterocycles. The molecule has 106 valence electrons. The summed E-state index contributed by atoms with van der Waals surface area (Å²) in [6.45, 7) is 2.08. The number of hydrogen-bond donors (Lipinski definition) is 0. The van der Waals surface area contributed by atoms with E-state index in [9.17, 15) is 14.4 Å². The van der Waals surface area contributed by atoms with Crippen LogP contribution in [-0.4, -0.2) is 30.8 Å². The molecule has 5 nitrogen and oxygen atoms in total. The number of halogens is 1. The van der Waals surface area contributed by atoms with Gasteiger partial charge in [-0.3, -0.25) is 19.3 Å². The number of ketones is 1. The van der Waals surface area contributed by atoms with Gasteiger partial charge in [-0.1, -0.05) is 19.4 Å². The lowest BCUT2D eigenvalue weighted by molar-refractivity contribution is -0.142. The lowest BCUT2D eigenvalue weighted by Gasteiger charge is -2.15. The molecule has 0 unspecified atom stereocenters. The highest BCUT2D eigenvalue weighted by Crippen LogP contribution is 2.34. The number of carbonyl (C=O) groups is 3. The van der Waals surface area contributed by atoms with Gasteiger partial charge in [-0.05, 0) is 34.5 Å². The van der Waals surface area contributed by atoms with Crippen molar-refractivity contribution in [1.29, 1.82) is 0 Å². The molecular weight excluding hydrogens is 326 g/mol. The van der Waals surface area contributed by atoms with Gasteiger partial charge in [0.1, 0.15) is 6.54 Å². The van der Waals surface area contributed by atoms with Gasteiger partial charge < -0.3 is 4.74 Å². The van der Waals surface area contributed by atoms with Crippen LogP contribution in [-0.2, 0) is 14.3 Å². The van der Waals surface area contributed by atoms with Gasteiger partial charge in [0.05, 0.1) is 17.9 Å². The van der Waals surface area contributed by atoms with Crippen LogP contribution in [0.1, 0.15) is 30.1 Å². The number of rotatable bonds is 5. The number of anilines is 1. The largest absolute Gasteiger partial charge is 0.464 e. The van der Waals surface area contributed by atoms with Crippen molar-refractivity contribution in [1.82, 2.24) is 0 Å². The SMILES string of the molecule is CCCCOC(=O)CN1C(=O)C(=O)c2c(Br)cccc21. The highest BCUT2D eigenvalue weighted by molar-refractivity contribution is 9.10. The van der Waals surface area contributed by atoms with E-state index in [-0.39, 0.29) is 6.54 Å². The molecule has 0 aliphatic carbocycles. The van der Waals surface area contributed by atoms with Crippen LogP contribution in [0.4, 0.5) is 5.69 Å². The van der Waals surface area contributed by atoms with E-state index in [0.29, 0.717) is 22.3 Å². The highest BCUT2D eigenvalue weighted by atomic mass is 79.9. The summed E-state index contributed by atoms with van der Waals surface area (Å²) in [5.74, 6) is -1.80. The van der Waals surface area contributed by atoms with Crippen molar-refractivity contribution in [3.05, 3.63) is 28.2 Å². The molecule has 0 N–H and O–H groups in total. The van der Waals surface area contributed by atoms with E-state index >= 15 is 0 Å². The molecule has 0 radical (unpaired) electrons. The van der Waals surface area contributed by atoms with Crippen LogP contribution in [0.15, 0.2) is 22.7 Å². The van der Waals surface area contributed by atoms with Crippen LogP contribution < -0.4 is 4.90 Å². The number of ether oxygens (including phenoxy) is 1. The number of Topliss-reactive ketones (excluding diaryl/α,β-unsaturated/α-hetero) is 1.